The van der Waals surface area contributed by atoms with Crippen LogP contribution in [-0.2, 0) is 19.8 Å². The molecule has 0 amide bonds. The van der Waals surface area contributed by atoms with E-state index in [1.807, 2.05) is 0 Å². The van der Waals surface area contributed by atoms with Gasteiger partial charge in [-0.1, -0.05) is 13.3 Å². The molecule has 12 heavy (non-hydrogen) atoms. The summed E-state index contributed by atoms with van der Waals surface area (Å²) in [5, 5.41) is 6.18. The van der Waals surface area contributed by atoms with E-state index in [9.17, 15) is 13.2 Å². The zero-order valence-electron chi connectivity index (χ0n) is 6.43. The van der Waals surface area contributed by atoms with Crippen molar-refractivity contribution >= 4 is 16.1 Å². The van der Waals surface area contributed by atoms with E-state index in [2.05, 4.69) is 4.89 Å². The van der Waals surface area contributed by atoms with Crippen LogP contribution in [0.5, 0.6) is 0 Å². The summed E-state index contributed by atoms with van der Waals surface area (Å²) < 4.78 is 29.4. The van der Waals surface area contributed by atoms with E-state index in [0.29, 0.717) is 6.42 Å². The highest BCUT2D eigenvalue weighted by molar-refractivity contribution is 7.87. The van der Waals surface area contributed by atoms with Gasteiger partial charge in [-0.2, -0.15) is 13.7 Å². The van der Waals surface area contributed by atoms with Crippen molar-refractivity contribution in [2.45, 2.75) is 25.0 Å². The summed E-state index contributed by atoms with van der Waals surface area (Å²) in [7, 11) is -4.47. The quantitative estimate of drug-likeness (QED) is 0.376. The molecule has 0 spiro atoms. The molecule has 0 saturated heterocycles. The molecule has 1 atom stereocenters. The first-order chi connectivity index (χ1) is 5.43. The van der Waals surface area contributed by atoms with Crippen molar-refractivity contribution in [3.05, 3.63) is 0 Å². The van der Waals surface area contributed by atoms with Gasteiger partial charge in [-0.05, 0) is 6.42 Å². The first-order valence-electron chi connectivity index (χ1n) is 3.25. The summed E-state index contributed by atoms with van der Waals surface area (Å²) in [4.78, 5) is 13.8. The number of carbonyl (C=O) groups is 1. The minimum Gasteiger partial charge on any atom is -0.299 e. The first kappa shape index (κ1) is 11.3. The normalized spacial score (nSPS) is 13.9. The van der Waals surface area contributed by atoms with E-state index >= 15 is 0 Å². The molecule has 6 nitrogen and oxygen atoms in total. The third-order valence-corrected chi connectivity index (χ3v) is 2.41. The van der Waals surface area contributed by atoms with E-state index in [0.717, 1.165) is 0 Å². The molecule has 0 aliphatic heterocycles. The third-order valence-electron chi connectivity index (χ3n) is 1.26. The smallest absolute Gasteiger partial charge is 0.299 e. The Morgan fingerprint density at radius 3 is 2.33 bits per heavy atom. The molecule has 0 radical (unpaired) electrons. The van der Waals surface area contributed by atoms with Crippen molar-refractivity contribution in [3.63, 3.8) is 0 Å². The maximum absolute atomic E-state index is 10.5. The lowest BCUT2D eigenvalue weighted by Crippen LogP contribution is -2.30. The van der Waals surface area contributed by atoms with Crippen LogP contribution in [0.1, 0.15) is 19.8 Å². The first-order valence-corrected chi connectivity index (χ1v) is 4.75. The molecule has 0 aliphatic rings. The minimum atomic E-state index is -4.47. The van der Waals surface area contributed by atoms with Gasteiger partial charge in [0.05, 0.1) is 0 Å². The van der Waals surface area contributed by atoms with Crippen LogP contribution in [0, 0.1) is 0 Å². The average Bonchev–Trinajstić information content (AvgIpc) is 1.96. The standard InChI is InChI=1S/C5H10O6S/c1-2-3-4(5(6)11-7)12(8,9)10/h4,7H,2-3H2,1H3,(H,8,9,10). The van der Waals surface area contributed by atoms with E-state index in [1.165, 1.54) is 0 Å². The molecule has 0 bridgehead atoms. The summed E-state index contributed by atoms with van der Waals surface area (Å²) in [5.41, 5.74) is 0. The van der Waals surface area contributed by atoms with Crippen molar-refractivity contribution in [1.82, 2.24) is 0 Å². The largest absolute Gasteiger partial charge is 0.362 e. The number of rotatable bonds is 4. The van der Waals surface area contributed by atoms with Crippen LogP contribution in [0.4, 0.5) is 0 Å². The molecule has 0 heterocycles. The van der Waals surface area contributed by atoms with Gasteiger partial charge in [0.25, 0.3) is 10.1 Å². The Morgan fingerprint density at radius 2 is 2.08 bits per heavy atom. The van der Waals surface area contributed by atoms with Crippen molar-refractivity contribution < 1.29 is 27.9 Å². The van der Waals surface area contributed by atoms with Crippen molar-refractivity contribution in [1.29, 1.82) is 0 Å². The molecule has 72 valence electrons. The van der Waals surface area contributed by atoms with Crippen LogP contribution in [-0.4, -0.2) is 29.4 Å². The Balaban J connectivity index is 4.56. The molecular formula is C5H10O6S. The second-order valence-corrected chi connectivity index (χ2v) is 3.80. The molecule has 7 heteroatoms. The predicted molar refractivity (Wildman–Crippen MR) is 39.0 cm³/mol. The molecule has 0 fully saturated rings. The Kier molecular flexibility index (Phi) is 4.15. The number of carbonyl (C=O) groups excluding carboxylic acids is 1. The Hall–Kier alpha value is -0.660. The highest BCUT2D eigenvalue weighted by Crippen LogP contribution is 2.08. The van der Waals surface area contributed by atoms with Crippen LogP contribution >= 0.6 is 0 Å². The number of hydrogen-bond acceptors (Lipinski definition) is 5. The predicted octanol–water partition coefficient (Wildman–Crippen LogP) is 0.0591. The molecule has 0 aromatic rings. The Morgan fingerprint density at radius 1 is 1.58 bits per heavy atom. The van der Waals surface area contributed by atoms with Crippen LogP contribution in [0.25, 0.3) is 0 Å². The van der Waals surface area contributed by atoms with Crippen LogP contribution < -0.4 is 0 Å². The maximum atomic E-state index is 10.5. The van der Waals surface area contributed by atoms with E-state index in [4.69, 9.17) is 9.81 Å². The second-order valence-electron chi connectivity index (χ2n) is 2.20. The summed E-state index contributed by atoms with van der Waals surface area (Å²) in [6.45, 7) is 1.63. The van der Waals surface area contributed by atoms with Gasteiger partial charge in [-0.25, -0.2) is 4.79 Å². The second kappa shape index (κ2) is 4.39. The molecular weight excluding hydrogens is 188 g/mol. The summed E-state index contributed by atoms with van der Waals surface area (Å²) in [5.74, 6) is -1.36. The maximum Gasteiger partial charge on any atom is 0.362 e. The van der Waals surface area contributed by atoms with E-state index in [1.54, 1.807) is 6.92 Å². The Labute approximate surface area is 69.8 Å². The topological polar surface area (TPSA) is 101 Å². The zero-order valence-corrected chi connectivity index (χ0v) is 7.24. The summed E-state index contributed by atoms with van der Waals surface area (Å²) >= 11 is 0. The van der Waals surface area contributed by atoms with Crippen LogP contribution in [0.15, 0.2) is 0 Å². The molecule has 0 aliphatic carbocycles. The summed E-state index contributed by atoms with van der Waals surface area (Å²) in [6.07, 6.45) is 0.289. The monoisotopic (exact) mass is 198 g/mol. The van der Waals surface area contributed by atoms with Gasteiger partial charge >= 0.3 is 5.97 Å². The van der Waals surface area contributed by atoms with Gasteiger partial charge in [0.15, 0.2) is 5.25 Å². The van der Waals surface area contributed by atoms with Gasteiger partial charge < -0.3 is 0 Å². The SMILES string of the molecule is CCCC(C(=O)OO)S(=O)(=O)O. The van der Waals surface area contributed by atoms with Gasteiger partial charge in [-0.15, -0.1) is 0 Å². The minimum absolute atomic E-state index is 0.0851. The van der Waals surface area contributed by atoms with Gasteiger partial charge in [0.2, 0.25) is 0 Å². The van der Waals surface area contributed by atoms with Crippen LogP contribution in [0.3, 0.4) is 0 Å². The lowest BCUT2D eigenvalue weighted by atomic mass is 10.2. The highest BCUT2D eigenvalue weighted by Gasteiger charge is 2.31. The van der Waals surface area contributed by atoms with E-state index < -0.39 is 21.3 Å². The third kappa shape index (κ3) is 3.16. The molecule has 2 N–H and O–H groups in total. The lowest BCUT2D eigenvalue weighted by molar-refractivity contribution is -0.233. The fraction of sp³-hybridized carbons (Fsp3) is 0.800. The van der Waals surface area contributed by atoms with Gasteiger partial charge in [0, 0.05) is 0 Å². The van der Waals surface area contributed by atoms with Crippen molar-refractivity contribution in [2.24, 2.45) is 0 Å². The average molecular weight is 198 g/mol. The summed E-state index contributed by atoms with van der Waals surface area (Å²) in [6, 6.07) is 0. The molecule has 0 saturated carbocycles. The van der Waals surface area contributed by atoms with Crippen molar-refractivity contribution in [2.75, 3.05) is 0 Å². The lowest BCUT2D eigenvalue weighted by Gasteiger charge is -2.07. The molecule has 0 aromatic heterocycles. The van der Waals surface area contributed by atoms with Gasteiger partial charge in [0.1, 0.15) is 0 Å². The number of hydrogen-bond donors (Lipinski definition) is 2. The fourth-order valence-electron chi connectivity index (χ4n) is 0.709. The van der Waals surface area contributed by atoms with E-state index in [-0.39, 0.29) is 6.42 Å². The molecule has 1 unspecified atom stereocenters. The van der Waals surface area contributed by atoms with Gasteiger partial charge in [-0.3, -0.25) is 9.44 Å². The van der Waals surface area contributed by atoms with Crippen molar-refractivity contribution in [3.8, 4) is 0 Å². The fourth-order valence-corrected chi connectivity index (χ4v) is 1.53. The molecule has 0 aromatic carbocycles. The Bertz CT molecular complexity index is 243. The zero-order chi connectivity index (χ0) is 9.78. The van der Waals surface area contributed by atoms with Crippen LogP contribution in [0.2, 0.25) is 0 Å². The molecule has 0 rings (SSSR count). The highest BCUT2D eigenvalue weighted by atomic mass is 32.2.